The van der Waals surface area contributed by atoms with Gasteiger partial charge in [-0.3, -0.25) is 4.98 Å². The predicted octanol–water partition coefficient (Wildman–Crippen LogP) is 2.30. The Bertz CT molecular complexity index is 595. The monoisotopic (exact) mass is 241 g/mol. The van der Waals surface area contributed by atoms with Crippen LogP contribution in [0.4, 0.5) is 0 Å². The predicted molar refractivity (Wildman–Crippen MR) is 60.2 cm³/mol. The molecule has 0 N–H and O–H groups in total. The van der Waals surface area contributed by atoms with Crippen LogP contribution in [0.5, 0.6) is 0 Å². The molecular formula is C10H8ClNO2S. The molecule has 0 aliphatic carbocycles. The molecule has 0 radical (unpaired) electrons. The molecular weight excluding hydrogens is 234 g/mol. The Morgan fingerprint density at radius 2 is 2.00 bits per heavy atom. The quantitative estimate of drug-likeness (QED) is 0.758. The Morgan fingerprint density at radius 1 is 1.20 bits per heavy atom. The Morgan fingerprint density at radius 3 is 2.73 bits per heavy atom. The Hall–Kier alpha value is -1.13. The summed E-state index contributed by atoms with van der Waals surface area (Å²) in [5.41, 5.74) is 0.672. The fourth-order valence-electron chi connectivity index (χ4n) is 1.42. The number of aromatic nitrogens is 1. The summed E-state index contributed by atoms with van der Waals surface area (Å²) in [6, 6.07) is 7.26. The molecule has 5 heteroatoms. The van der Waals surface area contributed by atoms with E-state index in [1.807, 2.05) is 12.1 Å². The van der Waals surface area contributed by atoms with E-state index in [0.29, 0.717) is 5.56 Å². The Kier molecular flexibility index (Phi) is 2.63. The van der Waals surface area contributed by atoms with Crippen molar-refractivity contribution in [1.29, 1.82) is 0 Å². The third kappa shape index (κ3) is 2.67. The molecule has 0 saturated heterocycles. The van der Waals surface area contributed by atoms with Crippen LogP contribution in [-0.2, 0) is 14.8 Å². The molecule has 0 saturated carbocycles. The first-order valence-electron chi connectivity index (χ1n) is 4.29. The highest BCUT2D eigenvalue weighted by Gasteiger charge is 2.07. The van der Waals surface area contributed by atoms with Gasteiger partial charge in [-0.15, -0.1) is 0 Å². The van der Waals surface area contributed by atoms with Gasteiger partial charge in [-0.2, -0.15) is 0 Å². The van der Waals surface area contributed by atoms with Crippen LogP contribution in [0.2, 0.25) is 0 Å². The summed E-state index contributed by atoms with van der Waals surface area (Å²) in [6.07, 6.45) is 3.39. The van der Waals surface area contributed by atoms with E-state index in [1.54, 1.807) is 24.5 Å². The van der Waals surface area contributed by atoms with Crippen molar-refractivity contribution >= 4 is 30.5 Å². The van der Waals surface area contributed by atoms with Crippen LogP contribution in [0.25, 0.3) is 10.8 Å². The van der Waals surface area contributed by atoms with Crippen molar-refractivity contribution in [3.63, 3.8) is 0 Å². The average Bonchev–Trinajstić information content (AvgIpc) is 2.15. The molecule has 0 fully saturated rings. The van der Waals surface area contributed by atoms with Crippen LogP contribution >= 0.6 is 10.7 Å². The standard InChI is InChI=1S/C10H8ClNO2S/c11-15(13,14)7-8-1-2-9-3-4-12-6-10(9)5-8/h1-6H,7H2. The summed E-state index contributed by atoms with van der Waals surface area (Å²) in [7, 11) is 1.68. The molecule has 0 spiro atoms. The maximum Gasteiger partial charge on any atom is 0.236 e. The van der Waals surface area contributed by atoms with E-state index in [2.05, 4.69) is 4.98 Å². The van der Waals surface area contributed by atoms with Crippen LogP contribution in [0.15, 0.2) is 36.7 Å². The minimum atomic E-state index is -3.49. The second-order valence-corrected chi connectivity index (χ2v) is 6.02. The number of fused-ring (bicyclic) bond motifs is 1. The fraction of sp³-hybridized carbons (Fsp3) is 0.100. The normalized spacial score (nSPS) is 11.8. The molecule has 0 bridgehead atoms. The Labute approximate surface area is 92.1 Å². The van der Waals surface area contributed by atoms with Gasteiger partial charge in [-0.25, -0.2) is 8.42 Å². The third-order valence-electron chi connectivity index (χ3n) is 2.04. The van der Waals surface area contributed by atoms with Crippen LogP contribution < -0.4 is 0 Å². The molecule has 1 heterocycles. The van der Waals surface area contributed by atoms with Gasteiger partial charge in [0.2, 0.25) is 9.05 Å². The third-order valence-corrected chi connectivity index (χ3v) is 3.05. The van der Waals surface area contributed by atoms with E-state index in [1.165, 1.54) is 0 Å². The second-order valence-electron chi connectivity index (χ2n) is 3.24. The van der Waals surface area contributed by atoms with Crippen molar-refractivity contribution in [2.24, 2.45) is 0 Å². The Balaban J connectivity index is 2.48. The van der Waals surface area contributed by atoms with Gasteiger partial charge in [-0.05, 0) is 23.1 Å². The van der Waals surface area contributed by atoms with Crippen LogP contribution in [0.3, 0.4) is 0 Å². The van der Waals surface area contributed by atoms with E-state index < -0.39 is 9.05 Å². The van der Waals surface area contributed by atoms with Gasteiger partial charge in [0.05, 0.1) is 5.75 Å². The first kappa shape index (κ1) is 10.4. The molecule has 1 aromatic carbocycles. The van der Waals surface area contributed by atoms with Crippen molar-refractivity contribution in [3.8, 4) is 0 Å². The van der Waals surface area contributed by atoms with Crippen molar-refractivity contribution in [2.75, 3.05) is 0 Å². The number of pyridine rings is 1. The van der Waals surface area contributed by atoms with Gasteiger partial charge < -0.3 is 0 Å². The molecule has 0 unspecified atom stereocenters. The maximum absolute atomic E-state index is 10.9. The van der Waals surface area contributed by atoms with E-state index in [9.17, 15) is 8.42 Å². The molecule has 0 aliphatic heterocycles. The number of benzene rings is 1. The number of halogens is 1. The lowest BCUT2D eigenvalue weighted by atomic mass is 10.1. The summed E-state index contributed by atoms with van der Waals surface area (Å²) >= 11 is 0. The summed E-state index contributed by atoms with van der Waals surface area (Å²) in [6.45, 7) is 0. The molecule has 2 aromatic rings. The number of nitrogens with zero attached hydrogens (tertiary/aromatic N) is 1. The number of hydrogen-bond donors (Lipinski definition) is 0. The van der Waals surface area contributed by atoms with Crippen molar-refractivity contribution in [1.82, 2.24) is 4.98 Å². The summed E-state index contributed by atoms with van der Waals surface area (Å²) in [5, 5.41) is 1.94. The number of rotatable bonds is 2. The van der Waals surface area contributed by atoms with Gasteiger partial charge in [0.25, 0.3) is 0 Å². The highest BCUT2D eigenvalue weighted by molar-refractivity contribution is 8.13. The lowest BCUT2D eigenvalue weighted by Gasteiger charge is -2.00. The minimum Gasteiger partial charge on any atom is -0.264 e. The zero-order chi connectivity index (χ0) is 10.9. The maximum atomic E-state index is 10.9. The first-order valence-corrected chi connectivity index (χ1v) is 6.77. The molecule has 3 nitrogen and oxygen atoms in total. The van der Waals surface area contributed by atoms with E-state index >= 15 is 0 Å². The van der Waals surface area contributed by atoms with E-state index in [0.717, 1.165) is 10.8 Å². The summed E-state index contributed by atoms with van der Waals surface area (Å²) < 4.78 is 21.8. The molecule has 2 rings (SSSR count). The van der Waals surface area contributed by atoms with Crippen molar-refractivity contribution < 1.29 is 8.42 Å². The van der Waals surface area contributed by atoms with Crippen LogP contribution in [0, 0.1) is 0 Å². The topological polar surface area (TPSA) is 47.0 Å². The van der Waals surface area contributed by atoms with Gasteiger partial charge in [0.1, 0.15) is 0 Å². The smallest absolute Gasteiger partial charge is 0.236 e. The number of hydrogen-bond acceptors (Lipinski definition) is 3. The van der Waals surface area contributed by atoms with Gasteiger partial charge in [0.15, 0.2) is 0 Å². The molecule has 1 aromatic heterocycles. The van der Waals surface area contributed by atoms with E-state index in [4.69, 9.17) is 10.7 Å². The molecule has 0 atom stereocenters. The highest BCUT2D eigenvalue weighted by Crippen LogP contribution is 2.17. The van der Waals surface area contributed by atoms with Crippen LogP contribution in [-0.4, -0.2) is 13.4 Å². The van der Waals surface area contributed by atoms with Gasteiger partial charge in [-0.1, -0.05) is 12.1 Å². The SMILES string of the molecule is O=S(=O)(Cl)Cc1ccc2ccncc2c1. The second kappa shape index (κ2) is 3.79. The van der Waals surface area contributed by atoms with Crippen LogP contribution in [0.1, 0.15) is 5.56 Å². The van der Waals surface area contributed by atoms with Gasteiger partial charge >= 0.3 is 0 Å². The molecule has 15 heavy (non-hydrogen) atoms. The van der Waals surface area contributed by atoms with Crippen molar-refractivity contribution in [2.45, 2.75) is 5.75 Å². The highest BCUT2D eigenvalue weighted by atomic mass is 35.7. The zero-order valence-electron chi connectivity index (χ0n) is 7.72. The lowest BCUT2D eigenvalue weighted by molar-refractivity contribution is 0.609. The molecule has 78 valence electrons. The van der Waals surface area contributed by atoms with Crippen molar-refractivity contribution in [3.05, 3.63) is 42.2 Å². The zero-order valence-corrected chi connectivity index (χ0v) is 9.29. The molecule has 0 aliphatic rings. The summed E-state index contributed by atoms with van der Waals surface area (Å²) in [4.78, 5) is 3.97. The fourth-order valence-corrected chi connectivity index (χ4v) is 2.38. The molecule has 0 amide bonds. The minimum absolute atomic E-state index is 0.153. The first-order chi connectivity index (χ1) is 7.04. The lowest BCUT2D eigenvalue weighted by Crippen LogP contribution is -1.94. The largest absolute Gasteiger partial charge is 0.264 e. The summed E-state index contributed by atoms with van der Waals surface area (Å²) in [5.74, 6) is -0.153. The van der Waals surface area contributed by atoms with Gasteiger partial charge in [0, 0.05) is 28.5 Å². The van der Waals surface area contributed by atoms with E-state index in [-0.39, 0.29) is 5.75 Å². The average molecular weight is 242 g/mol.